The van der Waals surface area contributed by atoms with Crippen molar-refractivity contribution < 1.29 is 13.2 Å². The number of anilines is 1. The molecule has 3 aromatic rings. The molecule has 6 heteroatoms. The Labute approximate surface area is 138 Å². The van der Waals surface area contributed by atoms with Gasteiger partial charge in [-0.25, -0.2) is 8.78 Å². The number of piperazine rings is 1. The Morgan fingerprint density at radius 2 is 1.62 bits per heavy atom. The molecule has 1 aliphatic rings. The maximum absolute atomic E-state index is 13.8. The van der Waals surface area contributed by atoms with Crippen LogP contribution in [0.3, 0.4) is 0 Å². The molecule has 1 saturated heterocycles. The molecule has 2 aromatic carbocycles. The zero-order chi connectivity index (χ0) is 16.5. The first-order chi connectivity index (χ1) is 11.7. The van der Waals surface area contributed by atoms with E-state index in [1.54, 1.807) is 0 Å². The summed E-state index contributed by atoms with van der Waals surface area (Å²) in [7, 11) is 0. The highest BCUT2D eigenvalue weighted by Crippen LogP contribution is 2.23. The zero-order valence-electron chi connectivity index (χ0n) is 13.1. The van der Waals surface area contributed by atoms with E-state index in [2.05, 4.69) is 9.88 Å². The average molecular weight is 329 g/mol. The molecule has 124 valence electrons. The summed E-state index contributed by atoms with van der Waals surface area (Å²) in [6, 6.07) is 12.2. The Bertz CT molecular complexity index is 803. The number of para-hydroxylation sites is 2. The summed E-state index contributed by atoms with van der Waals surface area (Å²) in [6.07, 6.45) is 0. The highest BCUT2D eigenvalue weighted by atomic mass is 19.1. The second kappa shape index (κ2) is 6.20. The predicted octanol–water partition coefficient (Wildman–Crippen LogP) is 3.43. The minimum absolute atomic E-state index is 0.132. The summed E-state index contributed by atoms with van der Waals surface area (Å²) in [5, 5.41) is 0. The molecule has 1 fully saturated rings. The molecule has 0 saturated carbocycles. The van der Waals surface area contributed by atoms with E-state index >= 15 is 0 Å². The van der Waals surface area contributed by atoms with Gasteiger partial charge in [0, 0.05) is 38.3 Å². The molecule has 2 heterocycles. The Morgan fingerprint density at radius 1 is 0.917 bits per heavy atom. The molecule has 0 unspecified atom stereocenters. The monoisotopic (exact) mass is 329 g/mol. The van der Waals surface area contributed by atoms with Crippen LogP contribution in [0.5, 0.6) is 0 Å². The van der Waals surface area contributed by atoms with Crippen molar-refractivity contribution in [2.24, 2.45) is 0 Å². The Morgan fingerprint density at radius 3 is 2.33 bits per heavy atom. The molecule has 4 rings (SSSR count). The summed E-state index contributed by atoms with van der Waals surface area (Å²) in [4.78, 5) is 8.60. The zero-order valence-corrected chi connectivity index (χ0v) is 13.1. The average Bonchev–Trinajstić information content (AvgIpc) is 3.03. The van der Waals surface area contributed by atoms with Crippen molar-refractivity contribution in [3.8, 4) is 0 Å². The van der Waals surface area contributed by atoms with Gasteiger partial charge in [0.05, 0.1) is 0 Å². The third-order valence-electron chi connectivity index (χ3n) is 4.37. The molecular formula is C18H17F2N3O. The van der Waals surface area contributed by atoms with E-state index in [1.165, 1.54) is 18.2 Å². The lowest BCUT2D eigenvalue weighted by Gasteiger charge is -2.33. The third kappa shape index (κ3) is 2.85. The van der Waals surface area contributed by atoms with Crippen molar-refractivity contribution in [2.45, 2.75) is 6.54 Å². The number of nitrogens with zero attached hydrogens (tertiary/aromatic N) is 3. The Kier molecular flexibility index (Phi) is 3.90. The number of fused-ring (bicyclic) bond motifs is 1. The van der Waals surface area contributed by atoms with Crippen molar-refractivity contribution in [3.63, 3.8) is 0 Å². The fourth-order valence-electron chi connectivity index (χ4n) is 3.00. The first kappa shape index (κ1) is 15.1. The molecule has 0 bridgehead atoms. The van der Waals surface area contributed by atoms with Gasteiger partial charge in [-0.05, 0) is 24.3 Å². The Balaban J connectivity index is 1.43. The molecule has 0 spiro atoms. The van der Waals surface area contributed by atoms with Gasteiger partial charge in [0.25, 0.3) is 6.01 Å². The van der Waals surface area contributed by atoms with Crippen LogP contribution < -0.4 is 4.90 Å². The van der Waals surface area contributed by atoms with Crippen LogP contribution in [-0.4, -0.2) is 36.1 Å². The largest absolute Gasteiger partial charge is 0.423 e. The normalized spacial score (nSPS) is 16.0. The van der Waals surface area contributed by atoms with Gasteiger partial charge in [0.1, 0.15) is 17.2 Å². The second-order valence-corrected chi connectivity index (χ2v) is 5.93. The predicted molar refractivity (Wildman–Crippen MR) is 87.9 cm³/mol. The standard InChI is InChI=1S/C18H17F2N3O/c19-14-4-3-5-15(20)13(14)12-22-8-10-23(11-9-22)18-21-16-6-1-2-7-17(16)24-18/h1-7H,8-12H2. The molecule has 0 aliphatic carbocycles. The maximum atomic E-state index is 13.8. The number of hydrogen-bond donors (Lipinski definition) is 0. The lowest BCUT2D eigenvalue weighted by atomic mass is 10.1. The number of rotatable bonds is 3. The van der Waals surface area contributed by atoms with Gasteiger partial charge >= 0.3 is 0 Å². The van der Waals surface area contributed by atoms with Crippen molar-refractivity contribution in [3.05, 3.63) is 59.7 Å². The van der Waals surface area contributed by atoms with Crippen LogP contribution in [0.15, 0.2) is 46.9 Å². The number of hydrogen-bond acceptors (Lipinski definition) is 4. The first-order valence-corrected chi connectivity index (χ1v) is 7.96. The SMILES string of the molecule is Fc1cccc(F)c1CN1CCN(c2nc3ccccc3o2)CC1. The van der Waals surface area contributed by atoms with E-state index in [1.807, 2.05) is 29.2 Å². The minimum atomic E-state index is -0.489. The summed E-state index contributed by atoms with van der Waals surface area (Å²) in [6.45, 7) is 3.10. The molecule has 4 nitrogen and oxygen atoms in total. The van der Waals surface area contributed by atoms with Gasteiger partial charge in [0.2, 0.25) is 0 Å². The topological polar surface area (TPSA) is 32.5 Å². The first-order valence-electron chi connectivity index (χ1n) is 7.96. The second-order valence-electron chi connectivity index (χ2n) is 5.93. The number of aromatic nitrogens is 1. The summed E-state index contributed by atoms with van der Waals surface area (Å²) >= 11 is 0. The van der Waals surface area contributed by atoms with Crippen molar-refractivity contribution >= 4 is 17.1 Å². The fraction of sp³-hybridized carbons (Fsp3) is 0.278. The quantitative estimate of drug-likeness (QED) is 0.737. The molecule has 1 aromatic heterocycles. The van der Waals surface area contributed by atoms with E-state index < -0.39 is 11.6 Å². The molecular weight excluding hydrogens is 312 g/mol. The lowest BCUT2D eigenvalue weighted by Crippen LogP contribution is -2.46. The number of benzene rings is 2. The van der Waals surface area contributed by atoms with E-state index in [0.717, 1.165) is 11.1 Å². The van der Waals surface area contributed by atoms with Gasteiger partial charge in [-0.1, -0.05) is 18.2 Å². The van der Waals surface area contributed by atoms with Gasteiger partial charge < -0.3 is 9.32 Å². The Hall–Kier alpha value is -2.47. The molecule has 24 heavy (non-hydrogen) atoms. The van der Waals surface area contributed by atoms with Gasteiger partial charge in [-0.15, -0.1) is 0 Å². The van der Waals surface area contributed by atoms with E-state index in [9.17, 15) is 8.78 Å². The highest BCUT2D eigenvalue weighted by molar-refractivity contribution is 5.74. The van der Waals surface area contributed by atoms with Gasteiger partial charge in [-0.2, -0.15) is 4.98 Å². The highest BCUT2D eigenvalue weighted by Gasteiger charge is 2.22. The van der Waals surface area contributed by atoms with Crippen LogP contribution in [-0.2, 0) is 6.54 Å². The van der Waals surface area contributed by atoms with Crippen LogP contribution in [0.4, 0.5) is 14.8 Å². The van der Waals surface area contributed by atoms with Crippen LogP contribution in [0, 0.1) is 11.6 Å². The smallest absolute Gasteiger partial charge is 0.298 e. The molecule has 0 atom stereocenters. The summed E-state index contributed by atoms with van der Waals surface area (Å²) in [5.41, 5.74) is 1.74. The van der Waals surface area contributed by atoms with Crippen LogP contribution >= 0.6 is 0 Å². The third-order valence-corrected chi connectivity index (χ3v) is 4.37. The van der Waals surface area contributed by atoms with Crippen LogP contribution in [0.1, 0.15) is 5.56 Å². The van der Waals surface area contributed by atoms with Gasteiger partial charge in [0.15, 0.2) is 5.58 Å². The van der Waals surface area contributed by atoms with Crippen LogP contribution in [0.25, 0.3) is 11.1 Å². The fourth-order valence-corrected chi connectivity index (χ4v) is 3.00. The molecule has 0 amide bonds. The molecule has 0 N–H and O–H groups in total. The minimum Gasteiger partial charge on any atom is -0.423 e. The summed E-state index contributed by atoms with van der Waals surface area (Å²) < 4.78 is 33.3. The van der Waals surface area contributed by atoms with Crippen molar-refractivity contribution in [1.29, 1.82) is 0 Å². The summed E-state index contributed by atoms with van der Waals surface area (Å²) in [5.74, 6) is -0.979. The van der Waals surface area contributed by atoms with Crippen LogP contribution in [0.2, 0.25) is 0 Å². The number of oxazole rings is 1. The van der Waals surface area contributed by atoms with E-state index in [4.69, 9.17) is 4.42 Å². The van der Waals surface area contributed by atoms with Crippen molar-refractivity contribution in [1.82, 2.24) is 9.88 Å². The van der Waals surface area contributed by atoms with Gasteiger partial charge in [-0.3, -0.25) is 4.90 Å². The molecule has 1 aliphatic heterocycles. The molecule has 0 radical (unpaired) electrons. The van der Waals surface area contributed by atoms with E-state index in [0.29, 0.717) is 32.2 Å². The number of halogens is 2. The van der Waals surface area contributed by atoms with Crippen molar-refractivity contribution in [2.75, 3.05) is 31.1 Å². The lowest BCUT2D eigenvalue weighted by molar-refractivity contribution is 0.239. The maximum Gasteiger partial charge on any atom is 0.298 e. The van der Waals surface area contributed by atoms with E-state index in [-0.39, 0.29) is 12.1 Å².